The van der Waals surface area contributed by atoms with Crippen LogP contribution in [0, 0.1) is 11.3 Å². The van der Waals surface area contributed by atoms with Crippen molar-refractivity contribution in [1.82, 2.24) is 15.4 Å². The van der Waals surface area contributed by atoms with E-state index in [0.717, 1.165) is 0 Å². The van der Waals surface area contributed by atoms with Gasteiger partial charge in [0.05, 0.1) is 12.3 Å². The van der Waals surface area contributed by atoms with Crippen molar-refractivity contribution >= 4 is 11.7 Å². The Labute approximate surface area is 62.2 Å². The maximum Gasteiger partial charge on any atom is 0.239 e. The Morgan fingerprint density at radius 1 is 1.91 bits per heavy atom. The minimum atomic E-state index is -0.388. The van der Waals surface area contributed by atoms with E-state index in [1.807, 2.05) is 0 Å². The summed E-state index contributed by atoms with van der Waals surface area (Å²) in [5.74, 6) is -0.0633. The van der Waals surface area contributed by atoms with Gasteiger partial charge in [0, 0.05) is 0 Å². The van der Waals surface area contributed by atoms with E-state index in [4.69, 9.17) is 5.26 Å². The second-order valence-corrected chi connectivity index (χ2v) is 1.74. The van der Waals surface area contributed by atoms with Crippen LogP contribution in [0.1, 0.15) is 6.42 Å². The molecule has 0 aliphatic carbocycles. The summed E-state index contributed by atoms with van der Waals surface area (Å²) in [7, 11) is 0. The van der Waals surface area contributed by atoms with E-state index in [-0.39, 0.29) is 12.3 Å². The maximum absolute atomic E-state index is 10.7. The number of carbonyl (C=O) groups excluding carboxylic acids is 1. The van der Waals surface area contributed by atoms with Gasteiger partial charge in [-0.2, -0.15) is 15.6 Å². The fourth-order valence-electron chi connectivity index (χ4n) is 0.521. The molecule has 0 aromatic carbocycles. The first kappa shape index (κ1) is 7.21. The molecular weight excluding hydrogens is 146 g/mol. The zero-order valence-corrected chi connectivity index (χ0v) is 5.53. The number of H-pyrrole nitrogens is 1. The molecule has 0 atom stereocenters. The average Bonchev–Trinajstić information content (AvgIpc) is 2.40. The van der Waals surface area contributed by atoms with E-state index in [1.165, 1.54) is 6.20 Å². The van der Waals surface area contributed by atoms with Gasteiger partial charge in [-0.25, -0.2) is 0 Å². The van der Waals surface area contributed by atoms with Crippen LogP contribution in [0.2, 0.25) is 0 Å². The van der Waals surface area contributed by atoms with E-state index in [0.29, 0.717) is 5.82 Å². The largest absolute Gasteiger partial charge is 0.307 e. The van der Waals surface area contributed by atoms with Crippen LogP contribution in [-0.4, -0.2) is 21.3 Å². The SMILES string of the molecule is N#CCC(=O)Nc1cn[nH]n1. The monoisotopic (exact) mass is 151 g/mol. The van der Waals surface area contributed by atoms with Crippen molar-refractivity contribution in [2.75, 3.05) is 5.32 Å². The minimum Gasteiger partial charge on any atom is -0.307 e. The summed E-state index contributed by atoms with van der Waals surface area (Å²) in [6.07, 6.45) is 1.18. The van der Waals surface area contributed by atoms with Gasteiger partial charge < -0.3 is 5.32 Å². The van der Waals surface area contributed by atoms with Gasteiger partial charge in [-0.15, -0.1) is 5.10 Å². The van der Waals surface area contributed by atoms with Crippen LogP contribution < -0.4 is 5.32 Å². The first-order valence-corrected chi connectivity index (χ1v) is 2.85. The van der Waals surface area contributed by atoms with E-state index in [2.05, 4.69) is 20.7 Å². The second-order valence-electron chi connectivity index (χ2n) is 1.74. The standard InChI is InChI=1S/C5H5N5O/c6-2-1-5(11)8-4-3-7-10-9-4/h3H,1H2,(H2,7,8,9,10,11). The summed E-state index contributed by atoms with van der Waals surface area (Å²) >= 11 is 0. The number of carbonyl (C=O) groups is 1. The number of hydrogen-bond acceptors (Lipinski definition) is 4. The summed E-state index contributed by atoms with van der Waals surface area (Å²) in [5.41, 5.74) is 0. The van der Waals surface area contributed by atoms with Crippen LogP contribution in [0.4, 0.5) is 5.82 Å². The Kier molecular flexibility index (Phi) is 2.17. The van der Waals surface area contributed by atoms with Gasteiger partial charge in [-0.1, -0.05) is 0 Å². The highest BCUT2D eigenvalue weighted by atomic mass is 16.1. The fraction of sp³-hybridized carbons (Fsp3) is 0.200. The molecule has 0 spiro atoms. The van der Waals surface area contributed by atoms with E-state index >= 15 is 0 Å². The van der Waals surface area contributed by atoms with Crippen molar-refractivity contribution in [2.24, 2.45) is 0 Å². The highest BCUT2D eigenvalue weighted by Crippen LogP contribution is 1.95. The number of nitrogens with zero attached hydrogens (tertiary/aromatic N) is 3. The lowest BCUT2D eigenvalue weighted by atomic mass is 10.4. The molecule has 0 bridgehead atoms. The Bertz CT molecular complexity index is 272. The highest BCUT2D eigenvalue weighted by molar-refractivity contribution is 5.90. The molecule has 0 radical (unpaired) electrons. The van der Waals surface area contributed by atoms with E-state index < -0.39 is 0 Å². The van der Waals surface area contributed by atoms with Gasteiger partial charge in [0.1, 0.15) is 6.42 Å². The second kappa shape index (κ2) is 3.31. The van der Waals surface area contributed by atoms with Crippen molar-refractivity contribution in [1.29, 1.82) is 5.26 Å². The maximum atomic E-state index is 10.7. The van der Waals surface area contributed by atoms with Crippen LogP contribution in [-0.2, 0) is 4.79 Å². The van der Waals surface area contributed by atoms with Crippen molar-refractivity contribution in [3.05, 3.63) is 6.20 Å². The van der Waals surface area contributed by atoms with Crippen LogP contribution >= 0.6 is 0 Å². The summed E-state index contributed by atoms with van der Waals surface area (Å²) in [6.45, 7) is 0. The van der Waals surface area contributed by atoms with E-state index in [1.54, 1.807) is 6.07 Å². The number of nitriles is 1. The number of aromatic amines is 1. The van der Waals surface area contributed by atoms with Gasteiger partial charge >= 0.3 is 0 Å². The van der Waals surface area contributed by atoms with Crippen molar-refractivity contribution in [3.8, 4) is 6.07 Å². The Balaban J connectivity index is 2.45. The quantitative estimate of drug-likeness (QED) is 0.604. The van der Waals surface area contributed by atoms with Gasteiger partial charge in [-0.3, -0.25) is 4.79 Å². The Hall–Kier alpha value is -1.90. The van der Waals surface area contributed by atoms with Gasteiger partial charge in [-0.05, 0) is 0 Å². The molecule has 1 amide bonds. The topological polar surface area (TPSA) is 94.5 Å². The average molecular weight is 151 g/mol. The van der Waals surface area contributed by atoms with E-state index in [9.17, 15) is 4.79 Å². The van der Waals surface area contributed by atoms with Crippen LogP contribution in [0.3, 0.4) is 0 Å². The molecule has 6 heteroatoms. The molecule has 2 N–H and O–H groups in total. The lowest BCUT2D eigenvalue weighted by molar-refractivity contribution is -0.115. The first-order valence-electron chi connectivity index (χ1n) is 2.85. The molecule has 1 aromatic rings. The lowest BCUT2D eigenvalue weighted by Crippen LogP contribution is -2.10. The molecule has 1 aromatic heterocycles. The molecule has 11 heavy (non-hydrogen) atoms. The summed E-state index contributed by atoms with van der Waals surface area (Å²) < 4.78 is 0. The molecule has 0 saturated carbocycles. The number of rotatable bonds is 2. The normalized spacial score (nSPS) is 8.64. The van der Waals surface area contributed by atoms with Gasteiger partial charge in [0.25, 0.3) is 0 Å². The predicted molar refractivity (Wildman–Crippen MR) is 35.2 cm³/mol. The molecule has 0 unspecified atom stereocenters. The Morgan fingerprint density at radius 2 is 2.73 bits per heavy atom. The van der Waals surface area contributed by atoms with Crippen LogP contribution in [0.5, 0.6) is 0 Å². The molecule has 0 saturated heterocycles. The molecule has 0 aliphatic heterocycles. The molecule has 0 fully saturated rings. The van der Waals surface area contributed by atoms with Gasteiger partial charge in [0.2, 0.25) is 5.91 Å². The van der Waals surface area contributed by atoms with Crippen molar-refractivity contribution < 1.29 is 4.79 Å². The zero-order valence-electron chi connectivity index (χ0n) is 5.53. The molecule has 6 nitrogen and oxygen atoms in total. The van der Waals surface area contributed by atoms with Crippen LogP contribution in [0.25, 0.3) is 0 Å². The third-order valence-corrected chi connectivity index (χ3v) is 0.922. The fourth-order valence-corrected chi connectivity index (χ4v) is 0.521. The highest BCUT2D eigenvalue weighted by Gasteiger charge is 2.01. The molecular formula is C5H5N5O. The number of nitrogens with one attached hydrogen (secondary N) is 2. The molecule has 1 heterocycles. The first-order chi connectivity index (χ1) is 5.33. The zero-order chi connectivity index (χ0) is 8.10. The predicted octanol–water partition coefficient (Wildman–Crippen LogP) is -0.343. The molecule has 0 aliphatic rings. The summed E-state index contributed by atoms with van der Waals surface area (Å²) in [4.78, 5) is 10.7. The minimum absolute atomic E-state index is 0.174. The molecule has 56 valence electrons. The summed E-state index contributed by atoms with van der Waals surface area (Å²) in [5, 5.41) is 19.8. The smallest absolute Gasteiger partial charge is 0.239 e. The van der Waals surface area contributed by atoms with Crippen molar-refractivity contribution in [3.63, 3.8) is 0 Å². The van der Waals surface area contributed by atoms with Crippen LogP contribution in [0.15, 0.2) is 6.20 Å². The lowest BCUT2D eigenvalue weighted by Gasteiger charge is -1.93. The summed E-state index contributed by atoms with van der Waals surface area (Å²) in [6, 6.07) is 1.71. The van der Waals surface area contributed by atoms with Crippen molar-refractivity contribution in [2.45, 2.75) is 6.42 Å². The number of aromatic nitrogens is 3. The third-order valence-electron chi connectivity index (χ3n) is 0.922. The van der Waals surface area contributed by atoms with Gasteiger partial charge in [0.15, 0.2) is 5.82 Å². The Morgan fingerprint density at radius 3 is 3.27 bits per heavy atom. The molecule has 1 rings (SSSR count). The number of amides is 1. The number of anilines is 1. The third kappa shape index (κ3) is 2.06. The number of hydrogen-bond donors (Lipinski definition) is 2.